The van der Waals surface area contributed by atoms with Crippen LogP contribution in [-0.2, 0) is 32.6 Å². The molecule has 40 heavy (non-hydrogen) atoms. The van der Waals surface area contributed by atoms with Crippen molar-refractivity contribution in [2.75, 3.05) is 23.7 Å². The summed E-state index contributed by atoms with van der Waals surface area (Å²) in [6.45, 7) is 4.57. The van der Waals surface area contributed by atoms with Crippen molar-refractivity contribution in [3.8, 4) is 0 Å². The lowest BCUT2D eigenvalue weighted by molar-refractivity contribution is -0.141. The third-order valence-corrected chi connectivity index (χ3v) is 7.71. The Labute approximate surface area is 237 Å². The number of sulfonamides is 1. The summed E-state index contributed by atoms with van der Waals surface area (Å²) in [6.07, 6.45) is 2.24. The number of nitrogens with one attached hydrogen (secondary N) is 1. The fraction of sp³-hybridized carbons (Fsp3) is 0.355. The van der Waals surface area contributed by atoms with Gasteiger partial charge in [0.05, 0.1) is 11.9 Å². The number of rotatable bonds is 14. The van der Waals surface area contributed by atoms with Crippen LogP contribution >= 0.6 is 0 Å². The highest BCUT2D eigenvalue weighted by atomic mass is 32.2. The maximum Gasteiger partial charge on any atom is 0.243 e. The van der Waals surface area contributed by atoms with Crippen LogP contribution in [0.2, 0.25) is 0 Å². The zero-order valence-corrected chi connectivity index (χ0v) is 24.2. The number of hydrogen-bond acceptors (Lipinski definition) is 4. The summed E-state index contributed by atoms with van der Waals surface area (Å²) in [5, 5.41) is 2.95. The molecule has 0 radical (unpaired) electrons. The Balaban J connectivity index is 1.88. The molecule has 0 unspecified atom stereocenters. The van der Waals surface area contributed by atoms with Crippen molar-refractivity contribution in [2.24, 2.45) is 0 Å². The van der Waals surface area contributed by atoms with Crippen molar-refractivity contribution >= 4 is 27.5 Å². The molecule has 0 spiro atoms. The van der Waals surface area contributed by atoms with E-state index in [9.17, 15) is 22.4 Å². The van der Waals surface area contributed by atoms with Gasteiger partial charge in [-0.25, -0.2) is 12.8 Å². The van der Waals surface area contributed by atoms with E-state index in [-0.39, 0.29) is 43.4 Å². The fourth-order valence-corrected chi connectivity index (χ4v) is 5.53. The van der Waals surface area contributed by atoms with Gasteiger partial charge in [0.15, 0.2) is 0 Å². The van der Waals surface area contributed by atoms with Crippen molar-refractivity contribution in [3.05, 3.63) is 101 Å². The topological polar surface area (TPSA) is 86.8 Å². The summed E-state index contributed by atoms with van der Waals surface area (Å²) >= 11 is 0. The van der Waals surface area contributed by atoms with Gasteiger partial charge in [-0.1, -0.05) is 79.2 Å². The van der Waals surface area contributed by atoms with Crippen molar-refractivity contribution < 1.29 is 22.4 Å². The Morgan fingerprint density at radius 1 is 0.950 bits per heavy atom. The summed E-state index contributed by atoms with van der Waals surface area (Å²) in [5.74, 6) is -1.18. The molecule has 1 N–H and O–H groups in total. The first-order valence-corrected chi connectivity index (χ1v) is 15.3. The van der Waals surface area contributed by atoms with Gasteiger partial charge in [0.1, 0.15) is 11.9 Å². The number of amides is 2. The molecule has 3 rings (SSSR count). The number of aryl methyl sites for hydroxylation is 1. The van der Waals surface area contributed by atoms with E-state index in [4.69, 9.17) is 0 Å². The van der Waals surface area contributed by atoms with Crippen LogP contribution in [0.1, 0.15) is 42.9 Å². The number of para-hydroxylation sites is 1. The lowest BCUT2D eigenvalue weighted by atomic mass is 10.0. The van der Waals surface area contributed by atoms with Crippen LogP contribution in [0, 0.1) is 12.7 Å². The van der Waals surface area contributed by atoms with Gasteiger partial charge in [-0.05, 0) is 43.0 Å². The van der Waals surface area contributed by atoms with Crippen LogP contribution in [0.4, 0.5) is 10.1 Å². The van der Waals surface area contributed by atoms with Crippen LogP contribution in [-0.4, -0.2) is 50.5 Å². The number of nitrogens with zero attached hydrogens (tertiary/aromatic N) is 2. The van der Waals surface area contributed by atoms with E-state index in [0.29, 0.717) is 13.0 Å². The van der Waals surface area contributed by atoms with Gasteiger partial charge < -0.3 is 10.2 Å². The minimum Gasteiger partial charge on any atom is -0.354 e. The molecule has 9 heteroatoms. The van der Waals surface area contributed by atoms with Crippen molar-refractivity contribution in [1.29, 1.82) is 0 Å². The molecular weight excluding hydrogens is 529 g/mol. The molecule has 0 saturated heterocycles. The Morgan fingerprint density at radius 2 is 1.62 bits per heavy atom. The Kier molecular flexibility index (Phi) is 11.3. The zero-order valence-electron chi connectivity index (χ0n) is 23.3. The molecule has 0 aliphatic rings. The highest BCUT2D eigenvalue weighted by Crippen LogP contribution is 2.23. The first-order valence-electron chi connectivity index (χ1n) is 13.5. The molecule has 0 aromatic heterocycles. The van der Waals surface area contributed by atoms with Crippen molar-refractivity contribution in [3.63, 3.8) is 0 Å². The summed E-state index contributed by atoms with van der Waals surface area (Å²) in [5.41, 5.74) is 2.78. The smallest absolute Gasteiger partial charge is 0.243 e. The highest BCUT2D eigenvalue weighted by Gasteiger charge is 2.30. The standard InChI is InChI=1S/C31H38FN3O4S/c1-4-19-33-31(37)29(22-25-13-6-5-7-14-25)34(23-26-15-10-12-24(2)21-26)30(36)18-11-20-35(40(3,38)39)28-17-9-8-16-27(28)32/h5-10,12-17,21,29H,4,11,18-20,22-23H2,1-3H3,(H,33,37)/t29-/m1/s1. The number of benzene rings is 3. The fourth-order valence-electron chi connectivity index (χ4n) is 4.56. The van der Waals surface area contributed by atoms with Gasteiger partial charge in [-0.15, -0.1) is 0 Å². The third kappa shape index (κ3) is 8.91. The van der Waals surface area contributed by atoms with Gasteiger partial charge in [0.25, 0.3) is 0 Å². The average molecular weight is 568 g/mol. The zero-order chi connectivity index (χ0) is 29.1. The monoisotopic (exact) mass is 567 g/mol. The molecule has 214 valence electrons. The van der Waals surface area contributed by atoms with Gasteiger partial charge in [0, 0.05) is 32.5 Å². The number of hydrogen-bond donors (Lipinski definition) is 1. The van der Waals surface area contributed by atoms with Gasteiger partial charge >= 0.3 is 0 Å². The molecule has 2 amide bonds. The average Bonchev–Trinajstić information content (AvgIpc) is 2.92. The van der Waals surface area contributed by atoms with E-state index in [2.05, 4.69) is 5.32 Å². The van der Waals surface area contributed by atoms with E-state index in [1.165, 1.54) is 18.2 Å². The van der Waals surface area contributed by atoms with Gasteiger partial charge in [0.2, 0.25) is 21.8 Å². The number of anilines is 1. The Hall–Kier alpha value is -3.72. The predicted molar refractivity (Wildman–Crippen MR) is 157 cm³/mol. The summed E-state index contributed by atoms with van der Waals surface area (Å²) in [6, 6.07) is 22.2. The number of carbonyl (C=O) groups is 2. The van der Waals surface area contributed by atoms with Crippen LogP contribution < -0.4 is 9.62 Å². The molecule has 0 saturated carbocycles. The lowest BCUT2D eigenvalue weighted by Gasteiger charge is -2.32. The normalized spacial score (nSPS) is 12.0. The maximum absolute atomic E-state index is 14.4. The van der Waals surface area contributed by atoms with Crippen molar-refractivity contribution in [2.45, 2.75) is 52.1 Å². The molecule has 1 atom stereocenters. The Morgan fingerprint density at radius 3 is 2.27 bits per heavy atom. The number of halogens is 1. The van der Waals surface area contributed by atoms with E-state index in [0.717, 1.165) is 33.7 Å². The Bertz CT molecular complexity index is 1380. The molecular formula is C31H38FN3O4S. The SMILES string of the molecule is CCCNC(=O)[C@@H](Cc1ccccc1)N(Cc1cccc(C)c1)C(=O)CCCN(c1ccccc1F)S(C)(=O)=O. The summed E-state index contributed by atoms with van der Waals surface area (Å²) in [4.78, 5) is 28.8. The summed E-state index contributed by atoms with van der Waals surface area (Å²) in [7, 11) is -3.79. The van der Waals surface area contributed by atoms with E-state index < -0.39 is 21.9 Å². The van der Waals surface area contributed by atoms with Crippen LogP contribution in [0.3, 0.4) is 0 Å². The quantitative estimate of drug-likeness (QED) is 0.302. The first kappa shape index (κ1) is 30.8. The van der Waals surface area contributed by atoms with Gasteiger partial charge in [-0.2, -0.15) is 0 Å². The van der Waals surface area contributed by atoms with Crippen LogP contribution in [0.15, 0.2) is 78.9 Å². The molecule has 0 heterocycles. The van der Waals surface area contributed by atoms with E-state index >= 15 is 0 Å². The second kappa shape index (κ2) is 14.6. The molecule has 0 bridgehead atoms. The predicted octanol–water partition coefficient (Wildman–Crippen LogP) is 4.85. The largest absolute Gasteiger partial charge is 0.354 e. The highest BCUT2D eigenvalue weighted by molar-refractivity contribution is 7.92. The molecule has 3 aromatic rings. The molecule has 7 nitrogen and oxygen atoms in total. The first-order chi connectivity index (χ1) is 19.1. The minimum atomic E-state index is -3.79. The van der Waals surface area contributed by atoms with E-state index in [1.54, 1.807) is 11.0 Å². The maximum atomic E-state index is 14.4. The number of carbonyl (C=O) groups excluding carboxylic acids is 2. The third-order valence-electron chi connectivity index (χ3n) is 6.53. The van der Waals surface area contributed by atoms with Crippen LogP contribution in [0.5, 0.6) is 0 Å². The second-order valence-electron chi connectivity index (χ2n) is 9.90. The molecule has 0 fully saturated rings. The second-order valence-corrected chi connectivity index (χ2v) is 11.8. The van der Waals surface area contributed by atoms with Crippen LogP contribution in [0.25, 0.3) is 0 Å². The summed E-state index contributed by atoms with van der Waals surface area (Å²) < 4.78 is 40.4. The van der Waals surface area contributed by atoms with Gasteiger partial charge in [-0.3, -0.25) is 13.9 Å². The molecule has 3 aromatic carbocycles. The molecule has 0 aliphatic heterocycles. The minimum absolute atomic E-state index is 0.0152. The van der Waals surface area contributed by atoms with E-state index in [1.807, 2.05) is 68.4 Å². The molecule has 0 aliphatic carbocycles. The lowest BCUT2D eigenvalue weighted by Crippen LogP contribution is -2.50. The van der Waals surface area contributed by atoms with Crippen molar-refractivity contribution in [1.82, 2.24) is 10.2 Å².